The molecule has 2 aliphatic rings. The topological polar surface area (TPSA) is 68.0 Å². The monoisotopic (exact) mass is 336 g/mol. The lowest BCUT2D eigenvalue weighted by Crippen LogP contribution is -2.42. The van der Waals surface area contributed by atoms with Gasteiger partial charge in [0, 0.05) is 31.4 Å². The highest BCUT2D eigenvalue weighted by atomic mass is 16.2. The molecule has 7 heteroatoms. The lowest BCUT2D eigenvalue weighted by Gasteiger charge is -2.26. The van der Waals surface area contributed by atoms with E-state index in [1.54, 1.807) is 4.90 Å². The van der Waals surface area contributed by atoms with E-state index < -0.39 is 0 Å². The van der Waals surface area contributed by atoms with Crippen LogP contribution in [0.15, 0.2) is 30.5 Å². The van der Waals surface area contributed by atoms with Crippen LogP contribution in [0.25, 0.3) is 11.0 Å². The van der Waals surface area contributed by atoms with Crippen LogP contribution in [0.3, 0.4) is 0 Å². The van der Waals surface area contributed by atoms with Crippen LogP contribution < -0.4 is 10.2 Å². The van der Waals surface area contributed by atoms with Crippen LogP contribution in [0.4, 0.5) is 10.7 Å². The number of nitrogens with one attached hydrogen (secondary N) is 1. The molecule has 3 heterocycles. The Balaban J connectivity index is 1.42. The van der Waals surface area contributed by atoms with Gasteiger partial charge in [-0.15, -0.1) is 0 Å². The van der Waals surface area contributed by atoms with Gasteiger partial charge in [0.1, 0.15) is 0 Å². The molecule has 0 radical (unpaired) electrons. The van der Waals surface area contributed by atoms with Gasteiger partial charge in [-0.25, -0.2) is 9.78 Å². The summed E-state index contributed by atoms with van der Waals surface area (Å²) in [5, 5.41) is 7.55. The molecule has 1 aliphatic heterocycles. The van der Waals surface area contributed by atoms with Crippen molar-refractivity contribution in [1.29, 1.82) is 0 Å². The Morgan fingerprint density at radius 2 is 2.16 bits per heavy atom. The Morgan fingerprint density at radius 1 is 1.28 bits per heavy atom. The average Bonchev–Trinajstić information content (AvgIpc) is 3.29. The first-order valence-corrected chi connectivity index (χ1v) is 8.76. The number of rotatable bonds is 1. The van der Waals surface area contributed by atoms with Gasteiger partial charge in [0.25, 0.3) is 0 Å². The van der Waals surface area contributed by atoms with E-state index in [-0.39, 0.29) is 12.1 Å². The molecule has 0 saturated carbocycles. The number of hydrogen-bond acceptors (Lipinski definition) is 3. The molecular formula is C18H20N6O. The van der Waals surface area contributed by atoms with Crippen LogP contribution in [0, 0.1) is 0 Å². The summed E-state index contributed by atoms with van der Waals surface area (Å²) in [6.07, 6.45) is 4.93. The predicted molar refractivity (Wildman–Crippen MR) is 94.5 cm³/mol. The smallest absolute Gasteiger partial charge is 0.324 e. The summed E-state index contributed by atoms with van der Waals surface area (Å²) >= 11 is 0. The molecule has 0 spiro atoms. The summed E-state index contributed by atoms with van der Waals surface area (Å²) in [5.41, 5.74) is 4.39. The third kappa shape index (κ3) is 2.15. The third-order valence-electron chi connectivity index (χ3n) is 5.34. The van der Waals surface area contributed by atoms with Crippen LogP contribution >= 0.6 is 0 Å². The van der Waals surface area contributed by atoms with Crippen molar-refractivity contribution in [2.75, 3.05) is 11.4 Å². The van der Waals surface area contributed by atoms with Crippen LogP contribution in [-0.2, 0) is 20.0 Å². The molecule has 2 aromatic heterocycles. The van der Waals surface area contributed by atoms with Gasteiger partial charge in [-0.05, 0) is 31.4 Å². The Kier molecular flexibility index (Phi) is 3.10. The molecule has 1 aliphatic carbocycles. The number of aryl methyl sites for hydroxylation is 1. The number of hydrogen-bond donors (Lipinski definition) is 1. The van der Waals surface area contributed by atoms with Crippen molar-refractivity contribution in [2.24, 2.45) is 7.05 Å². The molecule has 7 nitrogen and oxygen atoms in total. The average molecular weight is 336 g/mol. The number of fused-ring (bicyclic) bond motifs is 4. The molecule has 1 N–H and O–H groups in total. The maximum absolute atomic E-state index is 12.9. The molecule has 0 fully saturated rings. The second kappa shape index (κ2) is 5.34. The summed E-state index contributed by atoms with van der Waals surface area (Å²) in [5.74, 6) is 0.737. The minimum absolute atomic E-state index is 0.0309. The van der Waals surface area contributed by atoms with Gasteiger partial charge in [0.05, 0.1) is 23.3 Å². The zero-order valence-corrected chi connectivity index (χ0v) is 14.1. The molecule has 0 saturated heterocycles. The summed E-state index contributed by atoms with van der Waals surface area (Å²) in [6, 6.07) is 7.97. The number of carbonyl (C=O) groups is 1. The van der Waals surface area contributed by atoms with E-state index in [0.29, 0.717) is 6.54 Å². The van der Waals surface area contributed by atoms with Gasteiger partial charge in [0.15, 0.2) is 0 Å². The SMILES string of the molecule is Cn1ncc2c1CCC[C@@H]2NC(=O)N1CCn2c1nc1ccccc12. The Hall–Kier alpha value is -2.83. The number of urea groups is 1. The van der Waals surface area contributed by atoms with Crippen molar-refractivity contribution in [3.63, 3.8) is 0 Å². The molecule has 5 rings (SSSR count). The predicted octanol–water partition coefficient (Wildman–Crippen LogP) is 2.38. The van der Waals surface area contributed by atoms with Crippen molar-refractivity contribution in [3.8, 4) is 0 Å². The van der Waals surface area contributed by atoms with Gasteiger partial charge < -0.3 is 9.88 Å². The maximum atomic E-state index is 12.9. The molecule has 25 heavy (non-hydrogen) atoms. The lowest BCUT2D eigenvalue weighted by molar-refractivity contribution is 0.241. The Morgan fingerprint density at radius 3 is 3.08 bits per heavy atom. The number of anilines is 1. The van der Waals surface area contributed by atoms with Crippen molar-refractivity contribution in [1.82, 2.24) is 24.6 Å². The van der Waals surface area contributed by atoms with E-state index in [1.807, 2.05) is 36.1 Å². The van der Waals surface area contributed by atoms with E-state index in [0.717, 1.165) is 48.4 Å². The van der Waals surface area contributed by atoms with Crippen molar-refractivity contribution >= 4 is 23.0 Å². The first-order valence-electron chi connectivity index (χ1n) is 8.76. The lowest BCUT2D eigenvalue weighted by atomic mass is 9.93. The van der Waals surface area contributed by atoms with Crippen LogP contribution in [0.1, 0.15) is 30.1 Å². The largest absolute Gasteiger partial charge is 0.331 e. The fourth-order valence-corrected chi connectivity index (χ4v) is 4.06. The summed E-state index contributed by atoms with van der Waals surface area (Å²) in [6.45, 7) is 1.44. The minimum atomic E-state index is -0.0734. The summed E-state index contributed by atoms with van der Waals surface area (Å²) in [4.78, 5) is 19.3. The first kappa shape index (κ1) is 14.5. The number of imidazole rings is 1. The van der Waals surface area contributed by atoms with Crippen LogP contribution in [0.5, 0.6) is 0 Å². The molecule has 128 valence electrons. The number of carbonyl (C=O) groups excluding carboxylic acids is 1. The molecule has 2 amide bonds. The highest BCUT2D eigenvalue weighted by molar-refractivity contribution is 5.94. The van der Waals surface area contributed by atoms with Gasteiger partial charge in [-0.2, -0.15) is 5.10 Å². The third-order valence-corrected chi connectivity index (χ3v) is 5.34. The van der Waals surface area contributed by atoms with E-state index in [4.69, 9.17) is 0 Å². The van der Waals surface area contributed by atoms with E-state index in [1.165, 1.54) is 5.69 Å². The zero-order chi connectivity index (χ0) is 17.0. The van der Waals surface area contributed by atoms with E-state index in [2.05, 4.69) is 26.0 Å². The zero-order valence-electron chi connectivity index (χ0n) is 14.1. The second-order valence-corrected chi connectivity index (χ2v) is 6.77. The normalized spacial score (nSPS) is 19.1. The van der Waals surface area contributed by atoms with Crippen molar-refractivity contribution in [2.45, 2.75) is 31.8 Å². The standard InChI is InChI=1S/C18H20N6O/c1-22-15-8-4-6-13(12(15)11-19-22)21-18(25)24-10-9-23-16-7-3-2-5-14(16)20-17(23)24/h2-3,5,7,11,13H,4,6,8-10H2,1H3,(H,21,25)/t13-/m0/s1. The minimum Gasteiger partial charge on any atom is -0.331 e. The number of nitrogens with zero attached hydrogens (tertiary/aromatic N) is 5. The van der Waals surface area contributed by atoms with Crippen LogP contribution in [-0.4, -0.2) is 31.9 Å². The number of para-hydroxylation sites is 2. The molecule has 1 atom stereocenters. The summed E-state index contributed by atoms with van der Waals surface area (Å²) in [7, 11) is 1.96. The van der Waals surface area contributed by atoms with E-state index >= 15 is 0 Å². The highest BCUT2D eigenvalue weighted by Gasteiger charge is 2.31. The number of amides is 2. The maximum Gasteiger partial charge on any atom is 0.324 e. The number of aromatic nitrogens is 4. The fourth-order valence-electron chi connectivity index (χ4n) is 4.06. The fraction of sp³-hybridized carbons (Fsp3) is 0.389. The van der Waals surface area contributed by atoms with Gasteiger partial charge >= 0.3 is 6.03 Å². The molecule has 1 aromatic carbocycles. The van der Waals surface area contributed by atoms with E-state index in [9.17, 15) is 4.79 Å². The number of benzene rings is 1. The first-order chi connectivity index (χ1) is 12.2. The summed E-state index contributed by atoms with van der Waals surface area (Å²) < 4.78 is 4.04. The van der Waals surface area contributed by atoms with Gasteiger partial charge in [0.2, 0.25) is 5.95 Å². The van der Waals surface area contributed by atoms with Gasteiger partial charge in [-0.3, -0.25) is 9.58 Å². The molecule has 3 aromatic rings. The second-order valence-electron chi connectivity index (χ2n) is 6.77. The van der Waals surface area contributed by atoms with Crippen molar-refractivity contribution in [3.05, 3.63) is 41.7 Å². The Labute approximate surface area is 145 Å². The molecule has 0 unspecified atom stereocenters. The van der Waals surface area contributed by atoms with Gasteiger partial charge in [-0.1, -0.05) is 12.1 Å². The Bertz CT molecular complexity index is 971. The van der Waals surface area contributed by atoms with Crippen molar-refractivity contribution < 1.29 is 4.79 Å². The molecular weight excluding hydrogens is 316 g/mol. The molecule has 0 bridgehead atoms. The van der Waals surface area contributed by atoms with Crippen LogP contribution in [0.2, 0.25) is 0 Å². The highest BCUT2D eigenvalue weighted by Crippen LogP contribution is 2.31. The quantitative estimate of drug-likeness (QED) is 0.742.